The van der Waals surface area contributed by atoms with Crippen molar-refractivity contribution in [2.75, 3.05) is 37.4 Å². The molecule has 0 aliphatic carbocycles. The number of piperidine rings is 1. The largest absolute Gasteiger partial charge is 0.414 e. The molecule has 1 aromatic carbocycles. The number of hydrogen-bond acceptors (Lipinski definition) is 5. The van der Waals surface area contributed by atoms with E-state index in [9.17, 15) is 0 Å². The molecule has 0 bridgehead atoms. The Morgan fingerprint density at radius 3 is 2.50 bits per heavy atom. The Morgan fingerprint density at radius 2 is 1.89 bits per heavy atom. The van der Waals surface area contributed by atoms with Crippen LogP contribution >= 0.6 is 0 Å². The number of nitrogens with two attached hydrogens (primary N) is 1. The quantitative estimate of drug-likeness (QED) is 0.576. The number of anilines is 2. The number of aromatic nitrogens is 2. The fourth-order valence-corrected chi connectivity index (χ4v) is 4.93. The van der Waals surface area contributed by atoms with Crippen LogP contribution in [0.1, 0.15) is 33.6 Å². The van der Waals surface area contributed by atoms with E-state index in [-0.39, 0.29) is 5.04 Å². The third-order valence-corrected chi connectivity index (χ3v) is 10.8. The molecule has 2 N–H and O–H groups in total. The van der Waals surface area contributed by atoms with Crippen LogP contribution in [0.5, 0.6) is 0 Å². The molecule has 1 saturated heterocycles. The lowest BCUT2D eigenvalue weighted by atomic mass is 10.1. The summed E-state index contributed by atoms with van der Waals surface area (Å²) in [4.78, 5) is 2.38. The maximum atomic E-state index is 6.62. The number of fused-ring (bicyclic) bond motifs is 1. The molecule has 28 heavy (non-hydrogen) atoms. The van der Waals surface area contributed by atoms with Gasteiger partial charge in [0.25, 0.3) is 0 Å². The molecule has 3 rings (SSSR count). The molecule has 156 valence electrons. The van der Waals surface area contributed by atoms with Gasteiger partial charge in [0.1, 0.15) is 0 Å². The topological polar surface area (TPSA) is 65.5 Å². The first kappa shape index (κ1) is 21.1. The Balaban J connectivity index is 1.68. The summed E-state index contributed by atoms with van der Waals surface area (Å²) in [7, 11) is -0.00929. The molecule has 1 aliphatic heterocycles. The van der Waals surface area contributed by atoms with Gasteiger partial charge in [0.15, 0.2) is 8.32 Å². The first-order valence-electron chi connectivity index (χ1n) is 10.3. The number of ether oxygens (including phenoxy) is 1. The monoisotopic (exact) mass is 404 g/mol. The van der Waals surface area contributed by atoms with E-state index in [2.05, 4.69) is 49.9 Å². The Kier molecular flexibility index (Phi) is 6.07. The van der Waals surface area contributed by atoms with Crippen LogP contribution in [0.15, 0.2) is 18.3 Å². The average molecular weight is 405 g/mol. The van der Waals surface area contributed by atoms with Gasteiger partial charge >= 0.3 is 0 Å². The minimum absolute atomic E-state index is 0.251. The Morgan fingerprint density at radius 1 is 1.21 bits per heavy atom. The van der Waals surface area contributed by atoms with Crippen LogP contribution in [0.25, 0.3) is 10.9 Å². The number of hydrogen-bond donors (Lipinski definition) is 1. The fourth-order valence-electron chi connectivity index (χ4n) is 3.51. The second kappa shape index (κ2) is 8.04. The Bertz CT molecular complexity index is 805. The maximum Gasteiger partial charge on any atom is 0.192 e. The molecule has 0 atom stereocenters. The van der Waals surface area contributed by atoms with Gasteiger partial charge in [-0.15, -0.1) is 0 Å². The first-order chi connectivity index (χ1) is 13.1. The van der Waals surface area contributed by atoms with Crippen molar-refractivity contribution >= 4 is 30.6 Å². The van der Waals surface area contributed by atoms with Gasteiger partial charge in [0, 0.05) is 37.9 Å². The Labute approximate surface area is 170 Å². The van der Waals surface area contributed by atoms with Crippen molar-refractivity contribution in [1.29, 1.82) is 0 Å². The molecule has 6 nitrogen and oxygen atoms in total. The summed E-state index contributed by atoms with van der Waals surface area (Å²) < 4.78 is 13.7. The van der Waals surface area contributed by atoms with E-state index in [4.69, 9.17) is 14.9 Å². The molecule has 0 radical (unpaired) electrons. The van der Waals surface area contributed by atoms with Crippen LogP contribution in [0.2, 0.25) is 18.1 Å². The van der Waals surface area contributed by atoms with Gasteiger partial charge in [-0.05, 0) is 43.1 Å². The van der Waals surface area contributed by atoms with Crippen molar-refractivity contribution in [2.45, 2.75) is 64.4 Å². The van der Waals surface area contributed by atoms with Gasteiger partial charge < -0.3 is 19.8 Å². The summed E-state index contributed by atoms with van der Waals surface area (Å²) in [6.45, 7) is 14.9. The zero-order valence-corrected chi connectivity index (χ0v) is 19.3. The molecule has 2 aromatic rings. The van der Waals surface area contributed by atoms with Crippen molar-refractivity contribution in [3.05, 3.63) is 18.3 Å². The van der Waals surface area contributed by atoms with Gasteiger partial charge in [0.2, 0.25) is 0 Å². The van der Waals surface area contributed by atoms with Crippen LogP contribution in [-0.2, 0) is 15.7 Å². The van der Waals surface area contributed by atoms with Crippen LogP contribution in [0.3, 0.4) is 0 Å². The SMILES string of the molecule is COCCn1cc2cc(N)c(N3CCC(O[Si](C)(C)C(C)(C)C)CC3)cc2n1. The number of methoxy groups -OCH3 is 1. The number of nitrogen functional groups attached to an aromatic ring is 1. The predicted molar refractivity (Wildman–Crippen MR) is 120 cm³/mol. The molecule has 2 heterocycles. The lowest BCUT2D eigenvalue weighted by Crippen LogP contribution is -2.47. The van der Waals surface area contributed by atoms with E-state index < -0.39 is 8.32 Å². The summed E-state index contributed by atoms with van der Waals surface area (Å²) in [5.74, 6) is 0. The van der Waals surface area contributed by atoms with E-state index in [1.54, 1.807) is 7.11 Å². The minimum atomic E-state index is -1.72. The molecule has 0 amide bonds. The van der Waals surface area contributed by atoms with Crippen molar-refractivity contribution in [3.8, 4) is 0 Å². The highest BCUT2D eigenvalue weighted by molar-refractivity contribution is 6.74. The highest BCUT2D eigenvalue weighted by atomic mass is 28.4. The van der Waals surface area contributed by atoms with E-state index in [0.29, 0.717) is 12.7 Å². The molecule has 1 aromatic heterocycles. The molecule has 7 heteroatoms. The molecule has 1 aliphatic rings. The van der Waals surface area contributed by atoms with Gasteiger partial charge in [-0.25, -0.2) is 0 Å². The summed E-state index contributed by atoms with van der Waals surface area (Å²) in [5.41, 5.74) is 9.29. The standard InChI is InChI=1S/C21H36N4O2Si/c1-21(2,3)28(5,6)27-17-7-9-24(10-8-17)20-14-19-16(13-18(20)22)15-25(23-19)11-12-26-4/h13-15,17H,7-12,22H2,1-6H3. The lowest BCUT2D eigenvalue weighted by Gasteiger charge is -2.42. The molecule has 0 spiro atoms. The second-order valence-corrected chi connectivity index (χ2v) is 14.2. The predicted octanol–water partition coefficient (Wildman–Crippen LogP) is 4.26. The van der Waals surface area contributed by atoms with Gasteiger partial charge in [-0.3, -0.25) is 4.68 Å². The highest BCUT2D eigenvalue weighted by Gasteiger charge is 2.39. The third-order valence-electron chi connectivity index (χ3n) is 6.27. The van der Waals surface area contributed by atoms with Crippen molar-refractivity contribution in [2.24, 2.45) is 0 Å². The first-order valence-corrected chi connectivity index (χ1v) is 13.2. The Hall–Kier alpha value is -1.57. The summed E-state index contributed by atoms with van der Waals surface area (Å²) >= 11 is 0. The van der Waals surface area contributed by atoms with Crippen LogP contribution in [0, 0.1) is 0 Å². The minimum Gasteiger partial charge on any atom is -0.414 e. The average Bonchev–Trinajstić information content (AvgIpc) is 3.00. The van der Waals surface area contributed by atoms with Crippen molar-refractivity contribution < 1.29 is 9.16 Å². The molecule has 0 saturated carbocycles. The number of benzene rings is 1. The van der Waals surface area contributed by atoms with E-state index in [1.165, 1.54) is 0 Å². The third kappa shape index (κ3) is 4.53. The normalized spacial score (nSPS) is 16.9. The van der Waals surface area contributed by atoms with Crippen LogP contribution < -0.4 is 10.6 Å². The summed E-state index contributed by atoms with van der Waals surface area (Å²) in [5, 5.41) is 6.00. The summed E-state index contributed by atoms with van der Waals surface area (Å²) in [6, 6.07) is 4.17. The van der Waals surface area contributed by atoms with Gasteiger partial charge in [-0.2, -0.15) is 5.10 Å². The van der Waals surface area contributed by atoms with E-state index >= 15 is 0 Å². The van der Waals surface area contributed by atoms with E-state index in [1.807, 2.05) is 16.9 Å². The van der Waals surface area contributed by atoms with Crippen LogP contribution in [0.4, 0.5) is 11.4 Å². The van der Waals surface area contributed by atoms with Crippen LogP contribution in [-0.4, -0.2) is 51.0 Å². The number of rotatable bonds is 6. The maximum absolute atomic E-state index is 6.62. The smallest absolute Gasteiger partial charge is 0.192 e. The van der Waals surface area contributed by atoms with Gasteiger partial charge in [-0.1, -0.05) is 20.8 Å². The van der Waals surface area contributed by atoms with Crippen molar-refractivity contribution in [3.63, 3.8) is 0 Å². The molecule has 1 fully saturated rings. The zero-order chi connectivity index (χ0) is 20.5. The second-order valence-electron chi connectivity index (χ2n) is 9.42. The fraction of sp³-hybridized carbons (Fsp3) is 0.667. The van der Waals surface area contributed by atoms with Crippen molar-refractivity contribution in [1.82, 2.24) is 9.78 Å². The van der Waals surface area contributed by atoms with E-state index in [0.717, 1.165) is 54.8 Å². The summed E-state index contributed by atoms with van der Waals surface area (Å²) in [6.07, 6.45) is 4.49. The molecular weight excluding hydrogens is 368 g/mol. The van der Waals surface area contributed by atoms with Gasteiger partial charge in [0.05, 0.1) is 30.0 Å². The highest BCUT2D eigenvalue weighted by Crippen LogP contribution is 2.39. The number of nitrogens with zero attached hydrogens (tertiary/aromatic N) is 3. The molecular formula is C21H36N4O2Si. The lowest BCUT2D eigenvalue weighted by molar-refractivity contribution is 0.152. The zero-order valence-electron chi connectivity index (χ0n) is 18.3. The molecule has 0 unspecified atom stereocenters.